The van der Waals surface area contributed by atoms with E-state index in [0.29, 0.717) is 12.1 Å². The summed E-state index contributed by atoms with van der Waals surface area (Å²) < 4.78 is 5.25. The van der Waals surface area contributed by atoms with E-state index in [0.717, 1.165) is 36.4 Å². The summed E-state index contributed by atoms with van der Waals surface area (Å²) in [5.74, 6) is 0.813. The Morgan fingerprint density at radius 2 is 1.64 bits per heavy atom. The number of rotatable bonds is 6. The maximum atomic E-state index is 9.94. The zero-order valence-electron chi connectivity index (χ0n) is 16.4. The Morgan fingerprint density at radius 3 is 2.00 bits per heavy atom. The van der Waals surface area contributed by atoms with Gasteiger partial charge in [-0.3, -0.25) is 0 Å². The van der Waals surface area contributed by atoms with Gasteiger partial charge in [0.05, 0.1) is 18.8 Å². The molecule has 0 saturated carbocycles. The van der Waals surface area contributed by atoms with E-state index in [9.17, 15) is 5.26 Å². The molecular weight excluding hydrogens is 309 g/mol. The van der Waals surface area contributed by atoms with Crippen molar-refractivity contribution < 1.29 is 4.74 Å². The van der Waals surface area contributed by atoms with Crippen LogP contribution in [0.25, 0.3) is 5.57 Å². The first kappa shape index (κ1) is 19.6. The van der Waals surface area contributed by atoms with Gasteiger partial charge in [-0.15, -0.1) is 0 Å². The molecule has 0 aliphatic carbocycles. The number of ether oxygens (including phenoxy) is 1. The molecule has 2 rings (SSSR count). The molecule has 1 fully saturated rings. The van der Waals surface area contributed by atoms with Crippen molar-refractivity contribution in [3.05, 3.63) is 35.3 Å². The van der Waals surface area contributed by atoms with Gasteiger partial charge >= 0.3 is 6.98 Å². The van der Waals surface area contributed by atoms with E-state index in [2.05, 4.69) is 50.3 Å². The van der Waals surface area contributed by atoms with Crippen LogP contribution < -0.4 is 4.74 Å². The lowest BCUT2D eigenvalue weighted by Crippen LogP contribution is -2.51. The van der Waals surface area contributed by atoms with E-state index in [1.165, 1.54) is 5.47 Å². The Kier molecular flexibility index (Phi) is 6.69. The molecule has 0 amide bonds. The fraction of sp³-hybridized carbons (Fsp3) is 0.550. The fourth-order valence-electron chi connectivity index (χ4n) is 3.72. The SMILES string of the molecule is CC/C(B1N(C(C)C)CCN1C(C)C)=C(/C#N)c1ccc(OC)cc1. The molecule has 0 N–H and O–H groups in total. The molecule has 134 valence electrons. The molecule has 0 radical (unpaired) electrons. The van der Waals surface area contributed by atoms with Crippen molar-refractivity contribution in [2.24, 2.45) is 0 Å². The Balaban J connectivity index is 2.53. The van der Waals surface area contributed by atoms with Gasteiger partial charge in [-0.1, -0.05) is 46.8 Å². The van der Waals surface area contributed by atoms with Crippen LogP contribution in [0.5, 0.6) is 5.75 Å². The van der Waals surface area contributed by atoms with Gasteiger partial charge < -0.3 is 14.4 Å². The Labute approximate surface area is 153 Å². The first-order valence-corrected chi connectivity index (χ1v) is 9.23. The molecule has 1 aromatic rings. The quantitative estimate of drug-likeness (QED) is 0.583. The molecular formula is C20H30BN3O. The maximum absolute atomic E-state index is 9.94. The predicted molar refractivity (Wildman–Crippen MR) is 105 cm³/mol. The molecule has 4 nitrogen and oxygen atoms in total. The number of nitriles is 1. The van der Waals surface area contributed by atoms with Crippen LogP contribution in [0.1, 0.15) is 46.6 Å². The van der Waals surface area contributed by atoms with Gasteiger partial charge in [0.2, 0.25) is 0 Å². The number of allylic oxidation sites excluding steroid dienone is 2. The number of hydrogen-bond donors (Lipinski definition) is 0. The van der Waals surface area contributed by atoms with Gasteiger partial charge in [-0.25, -0.2) is 0 Å². The monoisotopic (exact) mass is 339 g/mol. The van der Waals surface area contributed by atoms with E-state index in [4.69, 9.17) is 4.74 Å². The molecule has 0 aromatic heterocycles. The van der Waals surface area contributed by atoms with Gasteiger partial charge in [0.25, 0.3) is 0 Å². The van der Waals surface area contributed by atoms with Gasteiger partial charge in [0, 0.05) is 13.1 Å². The zero-order chi connectivity index (χ0) is 18.6. The summed E-state index contributed by atoms with van der Waals surface area (Å²) in [5, 5.41) is 9.94. The molecule has 1 heterocycles. The Morgan fingerprint density at radius 1 is 1.12 bits per heavy atom. The molecule has 1 aliphatic rings. The number of methoxy groups -OCH3 is 1. The summed E-state index contributed by atoms with van der Waals surface area (Å²) in [6.45, 7) is 13.4. The lowest BCUT2D eigenvalue weighted by atomic mass is 9.60. The van der Waals surface area contributed by atoms with Crippen LogP contribution in [-0.2, 0) is 0 Å². The average molecular weight is 339 g/mol. The van der Waals surface area contributed by atoms with Gasteiger partial charge in [-0.2, -0.15) is 5.26 Å². The van der Waals surface area contributed by atoms with Crippen LogP contribution in [0.2, 0.25) is 0 Å². The van der Waals surface area contributed by atoms with Crippen LogP contribution in [0.3, 0.4) is 0 Å². The summed E-state index contributed by atoms with van der Waals surface area (Å²) in [6, 6.07) is 11.2. The highest BCUT2D eigenvalue weighted by atomic mass is 16.5. The second-order valence-corrected chi connectivity index (χ2v) is 7.13. The third kappa shape index (κ3) is 4.08. The van der Waals surface area contributed by atoms with Gasteiger partial charge in [0.1, 0.15) is 5.75 Å². The second kappa shape index (κ2) is 8.55. The minimum absolute atomic E-state index is 0.196. The van der Waals surface area contributed by atoms with Crippen molar-refractivity contribution >= 4 is 12.6 Å². The first-order chi connectivity index (χ1) is 11.9. The van der Waals surface area contributed by atoms with Crippen molar-refractivity contribution in [2.45, 2.75) is 53.1 Å². The fourth-order valence-corrected chi connectivity index (χ4v) is 3.72. The third-order valence-electron chi connectivity index (χ3n) is 5.08. The van der Waals surface area contributed by atoms with Crippen LogP contribution in [0.4, 0.5) is 0 Å². The average Bonchev–Trinajstić information content (AvgIpc) is 3.05. The number of nitrogens with zero attached hydrogens (tertiary/aromatic N) is 3. The van der Waals surface area contributed by atoms with Crippen molar-refractivity contribution in [3.63, 3.8) is 0 Å². The number of hydrogen-bond acceptors (Lipinski definition) is 4. The Bertz CT molecular complexity index is 630. The molecule has 1 aromatic carbocycles. The van der Waals surface area contributed by atoms with E-state index >= 15 is 0 Å². The summed E-state index contributed by atoms with van der Waals surface area (Å²) in [6.07, 6.45) is 0.867. The van der Waals surface area contributed by atoms with Crippen LogP contribution in [-0.4, -0.2) is 48.9 Å². The standard InChI is InChI=1S/C20H30BN3O/c1-7-20(19(14-22)17-8-10-18(25-6)11-9-17)21-23(15(2)3)12-13-24(21)16(4)5/h8-11,15-16H,7,12-13H2,1-6H3/b20-19+. The van der Waals surface area contributed by atoms with E-state index < -0.39 is 0 Å². The molecule has 25 heavy (non-hydrogen) atoms. The molecule has 0 bridgehead atoms. The van der Waals surface area contributed by atoms with Crippen molar-refractivity contribution in [1.82, 2.24) is 9.62 Å². The maximum Gasteiger partial charge on any atom is 0.343 e. The molecule has 0 spiro atoms. The van der Waals surface area contributed by atoms with E-state index in [-0.39, 0.29) is 6.98 Å². The summed E-state index contributed by atoms with van der Waals surface area (Å²) in [4.78, 5) is 5.03. The van der Waals surface area contributed by atoms with Crippen molar-refractivity contribution in [1.29, 1.82) is 5.26 Å². The molecule has 1 aliphatic heterocycles. The number of benzene rings is 1. The highest BCUT2D eigenvalue weighted by Crippen LogP contribution is 2.30. The lowest BCUT2D eigenvalue weighted by Gasteiger charge is -2.33. The van der Waals surface area contributed by atoms with Crippen LogP contribution >= 0.6 is 0 Å². The topological polar surface area (TPSA) is 39.5 Å². The van der Waals surface area contributed by atoms with Gasteiger partial charge in [0.15, 0.2) is 0 Å². The normalized spacial score (nSPS) is 17.2. The van der Waals surface area contributed by atoms with Gasteiger partial charge in [-0.05, 0) is 41.7 Å². The van der Waals surface area contributed by atoms with Crippen molar-refractivity contribution in [3.8, 4) is 11.8 Å². The highest BCUT2D eigenvalue weighted by molar-refractivity contribution is 6.63. The Hall–Kier alpha value is -1.77. The lowest BCUT2D eigenvalue weighted by molar-refractivity contribution is 0.390. The zero-order valence-corrected chi connectivity index (χ0v) is 16.4. The predicted octanol–water partition coefficient (Wildman–Crippen LogP) is 3.84. The highest BCUT2D eigenvalue weighted by Gasteiger charge is 2.42. The van der Waals surface area contributed by atoms with Crippen LogP contribution in [0.15, 0.2) is 29.7 Å². The van der Waals surface area contributed by atoms with Crippen molar-refractivity contribution in [2.75, 3.05) is 20.2 Å². The smallest absolute Gasteiger partial charge is 0.343 e. The molecule has 0 atom stereocenters. The minimum Gasteiger partial charge on any atom is -0.497 e. The third-order valence-corrected chi connectivity index (χ3v) is 5.08. The summed E-state index contributed by atoms with van der Waals surface area (Å²) in [5.41, 5.74) is 2.99. The molecule has 5 heteroatoms. The molecule has 0 unspecified atom stereocenters. The second-order valence-electron chi connectivity index (χ2n) is 7.13. The van der Waals surface area contributed by atoms with E-state index in [1.807, 2.05) is 24.3 Å². The van der Waals surface area contributed by atoms with E-state index in [1.54, 1.807) is 7.11 Å². The minimum atomic E-state index is 0.196. The molecule has 1 saturated heterocycles. The first-order valence-electron chi connectivity index (χ1n) is 9.23. The summed E-state index contributed by atoms with van der Waals surface area (Å²) in [7, 11) is 1.66. The van der Waals surface area contributed by atoms with Crippen LogP contribution in [0, 0.1) is 11.3 Å². The largest absolute Gasteiger partial charge is 0.497 e. The summed E-state index contributed by atoms with van der Waals surface area (Å²) >= 11 is 0.